The van der Waals surface area contributed by atoms with Gasteiger partial charge in [0.05, 0.1) is 11.0 Å². The lowest BCUT2D eigenvalue weighted by Gasteiger charge is -2.24. The number of Topliss-reactive ketones (excluding diaryl/α,β-unsaturated/α-hetero) is 1. The molecule has 1 fully saturated rings. The number of ketones is 1. The number of imidazole rings is 1. The van der Waals surface area contributed by atoms with E-state index in [0.717, 1.165) is 5.52 Å². The van der Waals surface area contributed by atoms with Gasteiger partial charge >= 0.3 is 5.69 Å². The quantitative estimate of drug-likeness (QED) is 0.794. The third-order valence-electron chi connectivity index (χ3n) is 3.54. The fourth-order valence-corrected chi connectivity index (χ4v) is 2.28. The molecule has 1 aliphatic rings. The van der Waals surface area contributed by atoms with Gasteiger partial charge < -0.3 is 9.97 Å². The van der Waals surface area contributed by atoms with Gasteiger partial charge in [-0.3, -0.25) is 4.79 Å². The zero-order valence-electron chi connectivity index (χ0n) is 9.45. The van der Waals surface area contributed by atoms with Gasteiger partial charge in [0.2, 0.25) is 0 Å². The van der Waals surface area contributed by atoms with Crippen LogP contribution in [0.25, 0.3) is 11.0 Å². The predicted molar refractivity (Wildman–Crippen MR) is 65.2 cm³/mol. The summed E-state index contributed by atoms with van der Waals surface area (Å²) in [6, 6.07) is 5.32. The fraction of sp³-hybridized carbons (Fsp3) is 0.385. The van der Waals surface area contributed by atoms with Crippen LogP contribution in [0, 0.1) is 5.92 Å². The highest BCUT2D eigenvalue weighted by molar-refractivity contribution is 5.98. The Kier molecular flexibility index (Phi) is 2.35. The summed E-state index contributed by atoms with van der Waals surface area (Å²) >= 11 is 0. The van der Waals surface area contributed by atoms with E-state index in [2.05, 4.69) is 9.97 Å². The minimum atomic E-state index is -0.233. The maximum Gasteiger partial charge on any atom is 0.323 e. The topological polar surface area (TPSA) is 65.7 Å². The Morgan fingerprint density at radius 1 is 1.24 bits per heavy atom. The van der Waals surface area contributed by atoms with Crippen molar-refractivity contribution < 1.29 is 4.79 Å². The maximum absolute atomic E-state index is 12.0. The van der Waals surface area contributed by atoms with E-state index >= 15 is 0 Å². The average Bonchev–Trinajstić information content (AvgIpc) is 2.62. The highest BCUT2D eigenvalue weighted by Gasteiger charge is 2.21. The predicted octanol–water partition coefficient (Wildman–Crippen LogP) is 2.23. The van der Waals surface area contributed by atoms with E-state index in [0.29, 0.717) is 23.4 Å². The first-order valence-electron chi connectivity index (χ1n) is 5.97. The van der Waals surface area contributed by atoms with Gasteiger partial charge in [-0.25, -0.2) is 4.79 Å². The van der Waals surface area contributed by atoms with E-state index in [1.807, 2.05) is 0 Å². The molecule has 0 atom stereocenters. The van der Waals surface area contributed by atoms with Crippen molar-refractivity contribution in [2.75, 3.05) is 0 Å². The molecule has 0 spiro atoms. The molecule has 17 heavy (non-hydrogen) atoms. The summed E-state index contributed by atoms with van der Waals surface area (Å²) in [6.07, 6.45) is 4.24. The average molecular weight is 230 g/mol. The Balaban J connectivity index is 1.88. The third-order valence-corrected chi connectivity index (χ3v) is 3.54. The number of nitrogens with one attached hydrogen (secondary N) is 2. The monoisotopic (exact) mass is 230 g/mol. The van der Waals surface area contributed by atoms with Gasteiger partial charge in [0.1, 0.15) is 0 Å². The Morgan fingerprint density at radius 2 is 2.00 bits per heavy atom. The van der Waals surface area contributed by atoms with Crippen molar-refractivity contribution in [3.8, 4) is 0 Å². The lowest BCUT2D eigenvalue weighted by molar-refractivity contribution is 0.0936. The number of hydrogen-bond donors (Lipinski definition) is 2. The van der Waals surface area contributed by atoms with E-state index in [4.69, 9.17) is 0 Å². The molecule has 88 valence electrons. The van der Waals surface area contributed by atoms with E-state index in [1.54, 1.807) is 18.2 Å². The van der Waals surface area contributed by atoms with Crippen LogP contribution in [0.4, 0.5) is 0 Å². The van der Waals surface area contributed by atoms with Crippen molar-refractivity contribution in [1.29, 1.82) is 0 Å². The first-order valence-corrected chi connectivity index (χ1v) is 5.97. The van der Waals surface area contributed by atoms with Crippen LogP contribution in [0.3, 0.4) is 0 Å². The van der Waals surface area contributed by atoms with Crippen LogP contribution in [0.2, 0.25) is 0 Å². The minimum Gasteiger partial charge on any atom is -0.306 e. The van der Waals surface area contributed by atoms with Gasteiger partial charge in [-0.2, -0.15) is 0 Å². The number of fused-ring (bicyclic) bond motifs is 1. The molecule has 3 rings (SSSR count). The molecule has 1 aromatic carbocycles. The molecular weight excluding hydrogens is 216 g/mol. The SMILES string of the molecule is O=C(CC1CCC1)c1ccc2[nH]c(=O)[nH]c2c1. The van der Waals surface area contributed by atoms with E-state index in [1.165, 1.54) is 19.3 Å². The second-order valence-corrected chi connectivity index (χ2v) is 4.76. The van der Waals surface area contributed by atoms with Gasteiger partial charge in [0.15, 0.2) is 5.78 Å². The van der Waals surface area contributed by atoms with Crippen molar-refractivity contribution in [2.24, 2.45) is 5.92 Å². The molecule has 0 saturated heterocycles. The summed E-state index contributed by atoms with van der Waals surface area (Å²) in [5.74, 6) is 0.752. The lowest BCUT2D eigenvalue weighted by atomic mass is 9.81. The summed E-state index contributed by atoms with van der Waals surface area (Å²) in [5, 5.41) is 0. The van der Waals surface area contributed by atoms with Crippen molar-refractivity contribution in [1.82, 2.24) is 9.97 Å². The van der Waals surface area contributed by atoms with E-state index < -0.39 is 0 Å². The third kappa shape index (κ3) is 1.90. The van der Waals surface area contributed by atoms with Gasteiger partial charge in [0, 0.05) is 12.0 Å². The molecule has 0 bridgehead atoms. The standard InChI is InChI=1S/C13H14N2O2/c16-12(6-8-2-1-3-8)9-4-5-10-11(7-9)15-13(17)14-10/h4-5,7-8H,1-3,6H2,(H2,14,15,17). The number of hydrogen-bond acceptors (Lipinski definition) is 2. The first kappa shape index (κ1) is 10.3. The molecule has 2 aromatic rings. The summed E-state index contributed by atoms with van der Waals surface area (Å²) in [7, 11) is 0. The van der Waals surface area contributed by atoms with E-state index in [-0.39, 0.29) is 11.5 Å². The molecule has 0 amide bonds. The summed E-state index contributed by atoms with van der Waals surface area (Å²) in [4.78, 5) is 28.4. The van der Waals surface area contributed by atoms with Crippen LogP contribution in [-0.4, -0.2) is 15.8 Å². The normalized spacial score (nSPS) is 16.0. The maximum atomic E-state index is 12.0. The van der Waals surface area contributed by atoms with Gasteiger partial charge in [-0.1, -0.05) is 19.3 Å². The van der Waals surface area contributed by atoms with Crippen LogP contribution >= 0.6 is 0 Å². The van der Waals surface area contributed by atoms with Crippen LogP contribution in [0.1, 0.15) is 36.0 Å². The van der Waals surface area contributed by atoms with Gasteiger partial charge in [0.25, 0.3) is 0 Å². The number of carbonyl (C=O) groups is 1. The highest BCUT2D eigenvalue weighted by atomic mass is 16.1. The molecule has 0 aliphatic heterocycles. The summed E-state index contributed by atoms with van der Waals surface area (Å²) < 4.78 is 0. The molecule has 1 heterocycles. The highest BCUT2D eigenvalue weighted by Crippen LogP contribution is 2.30. The van der Waals surface area contributed by atoms with Crippen molar-refractivity contribution in [3.63, 3.8) is 0 Å². The number of carbonyl (C=O) groups excluding carboxylic acids is 1. The fourth-order valence-electron chi connectivity index (χ4n) is 2.28. The molecule has 4 heteroatoms. The number of aromatic nitrogens is 2. The van der Waals surface area contributed by atoms with Crippen molar-refractivity contribution >= 4 is 16.8 Å². The van der Waals surface area contributed by atoms with Crippen LogP contribution in [-0.2, 0) is 0 Å². The number of H-pyrrole nitrogens is 2. The second kappa shape index (κ2) is 3.87. The summed E-state index contributed by atoms with van der Waals surface area (Å²) in [5.41, 5.74) is 1.91. The van der Waals surface area contributed by atoms with Crippen LogP contribution in [0.15, 0.2) is 23.0 Å². The molecule has 2 N–H and O–H groups in total. The van der Waals surface area contributed by atoms with Crippen LogP contribution in [0.5, 0.6) is 0 Å². The molecule has 0 radical (unpaired) electrons. The van der Waals surface area contributed by atoms with Crippen LogP contribution < -0.4 is 5.69 Å². The smallest absolute Gasteiger partial charge is 0.306 e. The Morgan fingerprint density at radius 3 is 2.71 bits per heavy atom. The number of benzene rings is 1. The van der Waals surface area contributed by atoms with Gasteiger partial charge in [-0.15, -0.1) is 0 Å². The van der Waals surface area contributed by atoms with Gasteiger partial charge in [-0.05, 0) is 24.1 Å². The zero-order chi connectivity index (χ0) is 11.8. The largest absolute Gasteiger partial charge is 0.323 e. The zero-order valence-corrected chi connectivity index (χ0v) is 9.45. The molecule has 4 nitrogen and oxygen atoms in total. The molecular formula is C13H14N2O2. The molecule has 1 aromatic heterocycles. The van der Waals surface area contributed by atoms with E-state index in [9.17, 15) is 9.59 Å². The van der Waals surface area contributed by atoms with Crippen molar-refractivity contribution in [3.05, 3.63) is 34.2 Å². The number of rotatable bonds is 3. The second-order valence-electron chi connectivity index (χ2n) is 4.76. The Bertz CT molecular complexity index is 620. The first-order chi connectivity index (χ1) is 8.22. The Labute approximate surface area is 98.0 Å². The number of aromatic amines is 2. The lowest BCUT2D eigenvalue weighted by Crippen LogP contribution is -2.15. The minimum absolute atomic E-state index is 0.179. The molecule has 0 unspecified atom stereocenters. The molecule has 1 saturated carbocycles. The Hall–Kier alpha value is -1.84. The summed E-state index contributed by atoms with van der Waals surface area (Å²) in [6.45, 7) is 0. The molecule has 1 aliphatic carbocycles. The van der Waals surface area contributed by atoms with Crippen molar-refractivity contribution in [2.45, 2.75) is 25.7 Å².